The van der Waals surface area contributed by atoms with Gasteiger partial charge in [0.15, 0.2) is 11.5 Å². The van der Waals surface area contributed by atoms with E-state index in [1.807, 2.05) is 54.6 Å². The number of esters is 1. The van der Waals surface area contributed by atoms with Crippen molar-refractivity contribution in [2.45, 2.75) is 20.0 Å². The first-order valence-corrected chi connectivity index (χ1v) is 13.5. The van der Waals surface area contributed by atoms with Crippen LogP contribution in [0.3, 0.4) is 0 Å². The third kappa shape index (κ3) is 5.67. The molecule has 0 unspecified atom stereocenters. The predicted octanol–water partition coefficient (Wildman–Crippen LogP) is 6.28. The molecule has 0 saturated heterocycles. The van der Waals surface area contributed by atoms with Gasteiger partial charge in [0.25, 0.3) is 5.91 Å². The average molecular weight is 569 g/mol. The van der Waals surface area contributed by atoms with Crippen molar-refractivity contribution in [2.75, 3.05) is 33.3 Å². The highest BCUT2D eigenvalue weighted by Gasteiger charge is 2.22. The highest BCUT2D eigenvalue weighted by atomic mass is 16.5. The first kappa shape index (κ1) is 28.4. The van der Waals surface area contributed by atoms with Crippen molar-refractivity contribution in [1.29, 1.82) is 0 Å². The van der Waals surface area contributed by atoms with E-state index in [1.54, 1.807) is 25.1 Å². The Kier molecular flexibility index (Phi) is 8.47. The number of methoxy groups -OCH3 is 3. The molecule has 1 amide bonds. The number of aromatic amines is 1. The number of H-pyrrole nitrogens is 1. The maximum absolute atomic E-state index is 13.7. The van der Waals surface area contributed by atoms with E-state index in [2.05, 4.69) is 10.3 Å². The zero-order valence-electron chi connectivity index (χ0n) is 23.9. The normalized spacial score (nSPS) is 10.9. The smallest absolute Gasteiger partial charge is 0.310 e. The third-order valence-corrected chi connectivity index (χ3v) is 6.89. The SMILES string of the molecule is CCOC(=O)Cc1c(NC(=O)c2cc3cc(OC)c(OC)c(OC)c3[nH]2)cc(OCc2ccccc2)c2ccccc12. The van der Waals surface area contributed by atoms with Gasteiger partial charge in [-0.2, -0.15) is 0 Å². The molecule has 0 fully saturated rings. The Hall–Kier alpha value is -5.18. The van der Waals surface area contributed by atoms with Crippen LogP contribution in [-0.4, -0.2) is 44.8 Å². The van der Waals surface area contributed by atoms with Crippen molar-refractivity contribution < 1.29 is 33.3 Å². The summed E-state index contributed by atoms with van der Waals surface area (Å²) in [6.45, 7) is 2.34. The molecule has 0 aliphatic heterocycles. The Bertz CT molecular complexity index is 1740. The van der Waals surface area contributed by atoms with Gasteiger partial charge in [0.1, 0.15) is 18.1 Å². The molecular weight excluding hydrogens is 536 g/mol. The van der Waals surface area contributed by atoms with Crippen LogP contribution in [0.25, 0.3) is 21.7 Å². The Balaban J connectivity index is 1.57. The summed E-state index contributed by atoms with van der Waals surface area (Å²) < 4.78 is 28.0. The lowest BCUT2D eigenvalue weighted by Gasteiger charge is -2.18. The number of hydrogen-bond donors (Lipinski definition) is 2. The summed E-state index contributed by atoms with van der Waals surface area (Å²) in [6.07, 6.45) is -0.0299. The van der Waals surface area contributed by atoms with Gasteiger partial charge < -0.3 is 34.0 Å². The number of nitrogens with one attached hydrogen (secondary N) is 2. The van der Waals surface area contributed by atoms with Crippen LogP contribution in [0.4, 0.5) is 5.69 Å². The molecule has 0 spiro atoms. The van der Waals surface area contributed by atoms with Gasteiger partial charge in [0.2, 0.25) is 5.75 Å². The maximum atomic E-state index is 13.7. The monoisotopic (exact) mass is 568 g/mol. The van der Waals surface area contributed by atoms with Crippen molar-refractivity contribution in [3.05, 3.63) is 89.6 Å². The van der Waals surface area contributed by atoms with Crippen molar-refractivity contribution >= 4 is 39.2 Å². The molecule has 9 heteroatoms. The van der Waals surface area contributed by atoms with Crippen molar-refractivity contribution in [3.63, 3.8) is 0 Å². The topological polar surface area (TPSA) is 108 Å². The third-order valence-electron chi connectivity index (χ3n) is 6.89. The van der Waals surface area contributed by atoms with Crippen LogP contribution in [0.15, 0.2) is 72.8 Å². The average Bonchev–Trinajstić information content (AvgIpc) is 3.45. The van der Waals surface area contributed by atoms with E-state index in [0.717, 1.165) is 16.3 Å². The Morgan fingerprint density at radius 1 is 0.810 bits per heavy atom. The number of fused-ring (bicyclic) bond motifs is 2. The Labute approximate surface area is 243 Å². The summed E-state index contributed by atoms with van der Waals surface area (Å²) in [6, 6.07) is 22.7. The van der Waals surface area contributed by atoms with Gasteiger partial charge in [-0.15, -0.1) is 0 Å². The summed E-state index contributed by atoms with van der Waals surface area (Å²) in [7, 11) is 4.57. The Morgan fingerprint density at radius 2 is 1.52 bits per heavy atom. The Morgan fingerprint density at radius 3 is 2.21 bits per heavy atom. The van der Waals surface area contributed by atoms with Gasteiger partial charge in [-0.05, 0) is 35.6 Å². The van der Waals surface area contributed by atoms with Gasteiger partial charge in [-0.1, -0.05) is 54.6 Å². The lowest BCUT2D eigenvalue weighted by molar-refractivity contribution is -0.142. The van der Waals surface area contributed by atoms with Crippen molar-refractivity contribution in [3.8, 4) is 23.0 Å². The van der Waals surface area contributed by atoms with Crippen LogP contribution in [0.1, 0.15) is 28.5 Å². The minimum atomic E-state index is -0.416. The number of carbonyl (C=O) groups is 2. The molecule has 216 valence electrons. The lowest BCUT2D eigenvalue weighted by Crippen LogP contribution is -2.16. The molecule has 1 heterocycles. The molecular formula is C33H32N2O7. The molecule has 0 saturated carbocycles. The van der Waals surface area contributed by atoms with Gasteiger partial charge in [0.05, 0.1) is 39.9 Å². The maximum Gasteiger partial charge on any atom is 0.310 e. The minimum absolute atomic E-state index is 0.0299. The largest absolute Gasteiger partial charge is 0.493 e. The molecule has 42 heavy (non-hydrogen) atoms. The second kappa shape index (κ2) is 12.6. The molecule has 0 bridgehead atoms. The van der Waals surface area contributed by atoms with Crippen LogP contribution in [0, 0.1) is 0 Å². The molecule has 0 aliphatic carbocycles. The second-order valence-electron chi connectivity index (χ2n) is 9.45. The number of rotatable bonds is 11. The highest BCUT2D eigenvalue weighted by molar-refractivity contribution is 6.09. The number of hydrogen-bond acceptors (Lipinski definition) is 7. The van der Waals surface area contributed by atoms with Crippen LogP contribution in [-0.2, 0) is 22.6 Å². The molecule has 0 atom stereocenters. The zero-order chi connectivity index (χ0) is 29.6. The number of aromatic nitrogens is 1. The van der Waals surface area contributed by atoms with Crippen molar-refractivity contribution in [1.82, 2.24) is 4.98 Å². The number of ether oxygens (including phenoxy) is 5. The minimum Gasteiger partial charge on any atom is -0.493 e. The fourth-order valence-corrected chi connectivity index (χ4v) is 4.97. The molecule has 1 aromatic heterocycles. The second-order valence-corrected chi connectivity index (χ2v) is 9.45. The van der Waals surface area contributed by atoms with E-state index in [9.17, 15) is 9.59 Å². The van der Waals surface area contributed by atoms with Gasteiger partial charge in [-0.3, -0.25) is 9.59 Å². The standard InChI is InChI=1S/C33H32N2O7/c1-5-41-29(36)17-24-22-13-9-10-14-23(22)27(42-19-20-11-7-6-8-12-20)18-25(24)35-33(37)26-15-21-16-28(38-2)31(39-3)32(40-4)30(21)34-26/h6-16,18,34H,5,17,19H2,1-4H3,(H,35,37). The van der Waals surface area contributed by atoms with Crippen LogP contribution < -0.4 is 24.3 Å². The number of benzene rings is 4. The number of carbonyl (C=O) groups excluding carboxylic acids is 2. The zero-order valence-corrected chi connectivity index (χ0v) is 23.9. The molecule has 5 rings (SSSR count). The molecule has 5 aromatic rings. The van der Waals surface area contributed by atoms with Gasteiger partial charge in [0, 0.05) is 22.5 Å². The first-order valence-electron chi connectivity index (χ1n) is 13.5. The molecule has 0 radical (unpaired) electrons. The first-order chi connectivity index (χ1) is 20.5. The summed E-state index contributed by atoms with van der Waals surface area (Å²) in [5, 5.41) is 5.30. The molecule has 0 aliphatic rings. The van der Waals surface area contributed by atoms with E-state index in [1.165, 1.54) is 21.3 Å². The summed E-state index contributed by atoms with van der Waals surface area (Å²) >= 11 is 0. The van der Waals surface area contributed by atoms with Crippen LogP contribution in [0.2, 0.25) is 0 Å². The number of amides is 1. The van der Waals surface area contributed by atoms with E-state index < -0.39 is 11.9 Å². The van der Waals surface area contributed by atoms with E-state index in [-0.39, 0.29) is 18.7 Å². The number of anilines is 1. The van der Waals surface area contributed by atoms with Gasteiger partial charge in [-0.25, -0.2) is 0 Å². The van der Waals surface area contributed by atoms with E-state index in [0.29, 0.717) is 51.8 Å². The summed E-state index contributed by atoms with van der Waals surface area (Å²) in [4.78, 5) is 29.5. The molecule has 9 nitrogen and oxygen atoms in total. The van der Waals surface area contributed by atoms with Crippen molar-refractivity contribution in [2.24, 2.45) is 0 Å². The molecule has 4 aromatic carbocycles. The fraction of sp³-hybridized carbons (Fsp3) is 0.212. The summed E-state index contributed by atoms with van der Waals surface area (Å²) in [5.74, 6) is 1.06. The van der Waals surface area contributed by atoms with Gasteiger partial charge >= 0.3 is 5.97 Å². The van der Waals surface area contributed by atoms with Crippen LogP contribution in [0.5, 0.6) is 23.0 Å². The highest BCUT2D eigenvalue weighted by Crippen LogP contribution is 2.43. The predicted molar refractivity (Wildman–Crippen MR) is 161 cm³/mol. The quantitative estimate of drug-likeness (QED) is 0.181. The van der Waals surface area contributed by atoms with E-state index in [4.69, 9.17) is 23.7 Å². The van der Waals surface area contributed by atoms with E-state index >= 15 is 0 Å². The fourth-order valence-electron chi connectivity index (χ4n) is 4.97. The lowest BCUT2D eigenvalue weighted by atomic mass is 9.98. The van der Waals surface area contributed by atoms with Crippen LogP contribution >= 0.6 is 0 Å². The molecule has 2 N–H and O–H groups in total. The summed E-state index contributed by atoms with van der Waals surface area (Å²) in [5.41, 5.74) is 2.93.